The van der Waals surface area contributed by atoms with Gasteiger partial charge in [0, 0.05) is 36.9 Å². The topological polar surface area (TPSA) is 171 Å². The van der Waals surface area contributed by atoms with Crippen LogP contribution in [0.3, 0.4) is 0 Å². The third kappa shape index (κ3) is 7.85. The smallest absolute Gasteiger partial charge is 0.255 e. The van der Waals surface area contributed by atoms with Crippen LogP contribution in [0.2, 0.25) is 5.02 Å². The Morgan fingerprint density at radius 2 is 2.05 bits per heavy atom. The number of aromatic nitrogens is 3. The minimum atomic E-state index is -1.02. The molecule has 12 nitrogen and oxygen atoms in total. The summed E-state index contributed by atoms with van der Waals surface area (Å²) in [5.41, 5.74) is 0.740. The Balaban J connectivity index is 1.35. The largest absolute Gasteiger partial charge is 0.491 e. The van der Waals surface area contributed by atoms with Crippen LogP contribution in [-0.4, -0.2) is 93.9 Å². The number of rotatable bonds is 12. The lowest BCUT2D eigenvalue weighted by Gasteiger charge is -2.36. The molecule has 6 N–H and O–H groups in total. The predicted molar refractivity (Wildman–Crippen MR) is 149 cm³/mol. The predicted octanol–water partition coefficient (Wildman–Crippen LogP) is 1.66. The zero-order valence-electron chi connectivity index (χ0n) is 22.3. The van der Waals surface area contributed by atoms with Crippen LogP contribution in [-0.2, 0) is 4.74 Å². The molecule has 0 spiro atoms. The minimum absolute atomic E-state index is 0.0759. The highest BCUT2D eigenvalue weighted by molar-refractivity contribution is 6.30. The molecule has 1 saturated heterocycles. The Bertz CT molecular complexity index is 1340. The first-order valence-electron chi connectivity index (χ1n) is 13.0. The van der Waals surface area contributed by atoms with Crippen molar-refractivity contribution in [3.05, 3.63) is 59.3 Å². The monoisotopic (exact) mass is 590 g/mol. The Hall–Kier alpha value is -3.46. The van der Waals surface area contributed by atoms with Crippen molar-refractivity contribution in [2.45, 2.75) is 37.3 Å². The Labute approximate surface area is 240 Å². The SMILES string of the molecule is COc1cnc(-c2cc(Cl)ccc2F)nc1Nc1ccncc1C(=O)NCCNCCC1O[C@H](CO)C[C@H](O)[C@@H]1O. The average molecular weight is 591 g/mol. The standard InChI is InChI=1S/C27H32ClFN6O6/c1-40-23-13-33-25(17-10-15(28)2-3-19(17)29)35-26(23)34-20-4-6-31-12-18(20)27(39)32-9-8-30-7-5-22-24(38)21(37)11-16(14-36)41-22/h2-4,6,10,12-13,16,21-22,24,30,36-38H,5,7-9,11,14H2,1H3,(H,32,39)(H,31,33,34,35)/t16-,21-,22?,24-/m0/s1. The van der Waals surface area contributed by atoms with Crippen LogP contribution in [0.5, 0.6) is 5.75 Å². The fraction of sp³-hybridized carbons (Fsp3) is 0.407. The zero-order valence-corrected chi connectivity index (χ0v) is 23.0. The van der Waals surface area contributed by atoms with E-state index in [1.165, 1.54) is 43.9 Å². The Kier molecular flexibility index (Phi) is 10.7. The molecule has 0 saturated carbocycles. The zero-order chi connectivity index (χ0) is 29.4. The summed E-state index contributed by atoms with van der Waals surface area (Å²) in [7, 11) is 1.44. The third-order valence-electron chi connectivity index (χ3n) is 6.51. The van der Waals surface area contributed by atoms with Gasteiger partial charge in [0.2, 0.25) is 0 Å². The van der Waals surface area contributed by atoms with Crippen molar-refractivity contribution in [1.29, 1.82) is 0 Å². The van der Waals surface area contributed by atoms with Gasteiger partial charge in [-0.15, -0.1) is 0 Å². The molecule has 0 aliphatic carbocycles. The maximum absolute atomic E-state index is 14.4. The van der Waals surface area contributed by atoms with Crippen molar-refractivity contribution in [2.75, 3.05) is 38.7 Å². The van der Waals surface area contributed by atoms with Crippen molar-refractivity contribution < 1.29 is 34.0 Å². The lowest BCUT2D eigenvalue weighted by molar-refractivity contribution is -0.178. The van der Waals surface area contributed by atoms with Crippen molar-refractivity contribution in [3.63, 3.8) is 0 Å². The minimum Gasteiger partial charge on any atom is -0.491 e. The lowest BCUT2D eigenvalue weighted by atomic mass is 9.96. The molecule has 1 fully saturated rings. The van der Waals surface area contributed by atoms with E-state index < -0.39 is 36.1 Å². The van der Waals surface area contributed by atoms with Gasteiger partial charge in [-0.1, -0.05) is 11.6 Å². The van der Waals surface area contributed by atoms with E-state index >= 15 is 0 Å². The molecular weight excluding hydrogens is 559 g/mol. The fourth-order valence-electron chi connectivity index (χ4n) is 4.35. The van der Waals surface area contributed by atoms with Crippen molar-refractivity contribution >= 4 is 29.0 Å². The second kappa shape index (κ2) is 14.4. The van der Waals surface area contributed by atoms with Gasteiger partial charge in [-0.25, -0.2) is 14.4 Å². The van der Waals surface area contributed by atoms with Crippen molar-refractivity contribution in [3.8, 4) is 17.1 Å². The Morgan fingerprint density at radius 1 is 1.22 bits per heavy atom. The van der Waals surface area contributed by atoms with E-state index in [1.54, 1.807) is 6.07 Å². The second-order valence-corrected chi connectivity index (χ2v) is 9.78. The number of benzene rings is 1. The van der Waals surface area contributed by atoms with Crippen molar-refractivity contribution in [2.24, 2.45) is 0 Å². The molecule has 1 aliphatic rings. The molecule has 3 aromatic rings. The van der Waals surface area contributed by atoms with E-state index in [-0.39, 0.29) is 48.1 Å². The second-order valence-electron chi connectivity index (χ2n) is 9.35. The number of pyridine rings is 1. The number of carbonyl (C=O) groups excluding carboxylic acids is 1. The number of hydrogen-bond acceptors (Lipinski definition) is 11. The number of carbonyl (C=O) groups is 1. The van der Waals surface area contributed by atoms with E-state index in [0.717, 1.165) is 0 Å². The van der Waals surface area contributed by atoms with Crippen LogP contribution in [0.1, 0.15) is 23.2 Å². The fourth-order valence-corrected chi connectivity index (χ4v) is 4.52. The number of aliphatic hydroxyl groups is 3. The van der Waals surface area contributed by atoms with E-state index in [1.807, 2.05) is 0 Å². The number of nitrogens with one attached hydrogen (secondary N) is 3. The van der Waals surface area contributed by atoms with E-state index in [4.69, 9.17) is 21.1 Å². The first-order chi connectivity index (χ1) is 19.8. The summed E-state index contributed by atoms with van der Waals surface area (Å²) in [5, 5.41) is 38.7. The van der Waals surface area contributed by atoms with E-state index in [9.17, 15) is 24.5 Å². The summed E-state index contributed by atoms with van der Waals surface area (Å²) in [6.07, 6.45) is 1.82. The van der Waals surface area contributed by atoms with Gasteiger partial charge in [0.15, 0.2) is 17.4 Å². The molecule has 2 aromatic heterocycles. The van der Waals surface area contributed by atoms with Gasteiger partial charge in [0.1, 0.15) is 11.9 Å². The third-order valence-corrected chi connectivity index (χ3v) is 6.74. The summed E-state index contributed by atoms with van der Waals surface area (Å²) in [6, 6.07) is 5.66. The number of anilines is 2. The molecule has 220 valence electrons. The quantitative estimate of drug-likeness (QED) is 0.170. The van der Waals surface area contributed by atoms with E-state index in [0.29, 0.717) is 30.2 Å². The number of methoxy groups -OCH3 is 1. The number of nitrogens with zero attached hydrogens (tertiary/aromatic N) is 3. The summed E-state index contributed by atoms with van der Waals surface area (Å²) in [4.78, 5) is 25.6. The molecule has 41 heavy (non-hydrogen) atoms. The molecule has 1 unspecified atom stereocenters. The number of aliphatic hydroxyl groups excluding tert-OH is 3. The highest BCUT2D eigenvalue weighted by Crippen LogP contribution is 2.30. The maximum atomic E-state index is 14.4. The normalized spacial score (nSPS) is 20.4. The van der Waals surface area contributed by atoms with Crippen LogP contribution in [0.15, 0.2) is 42.9 Å². The number of hydrogen-bond donors (Lipinski definition) is 6. The molecule has 1 amide bonds. The molecule has 4 rings (SSSR count). The first kappa shape index (κ1) is 30.5. The molecule has 1 aromatic carbocycles. The van der Waals surface area contributed by atoms with Gasteiger partial charge >= 0.3 is 0 Å². The van der Waals surface area contributed by atoms with Crippen molar-refractivity contribution in [1.82, 2.24) is 25.6 Å². The van der Waals surface area contributed by atoms with Gasteiger partial charge in [0.05, 0.1) is 55.0 Å². The van der Waals surface area contributed by atoms with Gasteiger partial charge in [-0.2, -0.15) is 0 Å². The molecule has 3 heterocycles. The van der Waals surface area contributed by atoms with Gasteiger partial charge in [-0.3, -0.25) is 9.78 Å². The van der Waals surface area contributed by atoms with Crippen LogP contribution < -0.4 is 20.7 Å². The van der Waals surface area contributed by atoms with Gasteiger partial charge in [-0.05, 0) is 37.2 Å². The highest BCUT2D eigenvalue weighted by atomic mass is 35.5. The average Bonchev–Trinajstić information content (AvgIpc) is 2.98. The van der Waals surface area contributed by atoms with Gasteiger partial charge in [0.25, 0.3) is 5.91 Å². The van der Waals surface area contributed by atoms with Crippen LogP contribution in [0.25, 0.3) is 11.4 Å². The summed E-state index contributed by atoms with van der Waals surface area (Å²) in [6.45, 7) is 0.956. The maximum Gasteiger partial charge on any atom is 0.255 e. The number of halogens is 2. The number of ether oxygens (including phenoxy) is 2. The Morgan fingerprint density at radius 3 is 2.83 bits per heavy atom. The summed E-state index contributed by atoms with van der Waals surface area (Å²) >= 11 is 6.03. The van der Waals surface area contributed by atoms with Crippen LogP contribution in [0.4, 0.5) is 15.9 Å². The molecule has 1 aliphatic heterocycles. The van der Waals surface area contributed by atoms with Crippen LogP contribution >= 0.6 is 11.6 Å². The van der Waals surface area contributed by atoms with Crippen LogP contribution in [0, 0.1) is 5.82 Å². The first-order valence-corrected chi connectivity index (χ1v) is 13.4. The summed E-state index contributed by atoms with van der Waals surface area (Å²) < 4.78 is 25.4. The lowest BCUT2D eigenvalue weighted by Crippen LogP contribution is -2.50. The number of amides is 1. The highest BCUT2D eigenvalue weighted by Gasteiger charge is 2.35. The molecule has 4 atom stereocenters. The molecule has 0 radical (unpaired) electrons. The summed E-state index contributed by atoms with van der Waals surface area (Å²) in [5.74, 6) is -0.381. The van der Waals surface area contributed by atoms with E-state index in [2.05, 4.69) is 30.9 Å². The molecular formula is C27H32ClFN6O6. The molecule has 14 heteroatoms. The van der Waals surface area contributed by atoms with Gasteiger partial charge < -0.3 is 40.7 Å². The molecule has 0 bridgehead atoms.